The fourth-order valence-electron chi connectivity index (χ4n) is 2.76. The van der Waals surface area contributed by atoms with E-state index in [0.29, 0.717) is 48.9 Å². The molecule has 0 aliphatic heterocycles. The number of benzene rings is 3. The van der Waals surface area contributed by atoms with E-state index in [-0.39, 0.29) is 5.91 Å². The van der Waals surface area contributed by atoms with Gasteiger partial charge in [-0.2, -0.15) is 0 Å². The molecule has 7 heteroatoms. The average Bonchev–Trinajstić information content (AvgIpc) is 3.07. The molecule has 3 aromatic carbocycles. The van der Waals surface area contributed by atoms with Crippen molar-refractivity contribution in [2.75, 3.05) is 5.32 Å². The van der Waals surface area contributed by atoms with Crippen LogP contribution < -0.4 is 5.32 Å². The molecule has 1 N–H and O–H groups in total. The number of carbonyl (C=O) groups is 1. The lowest BCUT2D eigenvalue weighted by molar-refractivity contribution is 0.102. The molecule has 4 nitrogen and oxygen atoms in total. The van der Waals surface area contributed by atoms with Crippen molar-refractivity contribution in [1.29, 1.82) is 0 Å². The maximum Gasteiger partial charge on any atom is 0.257 e. The topological polar surface area (TPSA) is 55.1 Å². The van der Waals surface area contributed by atoms with Gasteiger partial charge in [0.05, 0.1) is 20.6 Å². The van der Waals surface area contributed by atoms with Gasteiger partial charge in [-0.3, -0.25) is 4.79 Å². The summed E-state index contributed by atoms with van der Waals surface area (Å²) in [6, 6.07) is 15.7. The van der Waals surface area contributed by atoms with Crippen LogP contribution in [0.25, 0.3) is 22.6 Å². The molecule has 0 spiro atoms. The Morgan fingerprint density at radius 3 is 2.50 bits per heavy atom. The predicted molar refractivity (Wildman–Crippen MR) is 114 cm³/mol. The number of halogens is 3. The third kappa shape index (κ3) is 3.72. The third-order valence-corrected chi connectivity index (χ3v) is 5.23. The Morgan fingerprint density at radius 1 is 0.929 bits per heavy atom. The third-order valence-electron chi connectivity index (χ3n) is 4.18. The lowest BCUT2D eigenvalue weighted by Crippen LogP contribution is -2.12. The summed E-state index contributed by atoms with van der Waals surface area (Å²) in [5, 5.41) is 4.12. The fourth-order valence-corrected chi connectivity index (χ4v) is 3.38. The molecule has 140 valence electrons. The van der Waals surface area contributed by atoms with E-state index in [0.717, 1.165) is 5.56 Å². The number of anilines is 1. The average molecular weight is 432 g/mol. The Labute approximate surface area is 176 Å². The number of nitrogens with one attached hydrogen (secondary N) is 1. The molecule has 0 fully saturated rings. The van der Waals surface area contributed by atoms with E-state index in [1.165, 1.54) is 0 Å². The minimum Gasteiger partial charge on any atom is -0.436 e. The van der Waals surface area contributed by atoms with Crippen molar-refractivity contribution >= 4 is 57.5 Å². The largest absolute Gasteiger partial charge is 0.436 e. The highest BCUT2D eigenvalue weighted by Crippen LogP contribution is 2.31. The molecule has 1 aromatic heterocycles. The number of carbonyl (C=O) groups excluding carboxylic acids is 1. The molecular formula is C21H13Cl3N2O2. The van der Waals surface area contributed by atoms with E-state index in [4.69, 9.17) is 39.2 Å². The van der Waals surface area contributed by atoms with Crippen molar-refractivity contribution in [3.8, 4) is 11.5 Å². The van der Waals surface area contributed by atoms with Gasteiger partial charge in [0.1, 0.15) is 5.52 Å². The van der Waals surface area contributed by atoms with Crippen LogP contribution in [0.1, 0.15) is 15.9 Å². The molecule has 0 aliphatic carbocycles. The van der Waals surface area contributed by atoms with Crippen molar-refractivity contribution in [2.45, 2.75) is 6.92 Å². The second-order valence-electron chi connectivity index (χ2n) is 6.27. The van der Waals surface area contributed by atoms with Gasteiger partial charge >= 0.3 is 0 Å². The maximum atomic E-state index is 12.5. The van der Waals surface area contributed by atoms with Crippen molar-refractivity contribution in [1.82, 2.24) is 4.98 Å². The number of hydrogen-bond donors (Lipinski definition) is 1. The minimum atomic E-state index is -0.294. The number of hydrogen-bond acceptors (Lipinski definition) is 3. The normalized spacial score (nSPS) is 11.0. The summed E-state index contributed by atoms with van der Waals surface area (Å²) in [5.41, 5.74) is 3.89. The molecule has 0 atom stereocenters. The Morgan fingerprint density at radius 2 is 1.75 bits per heavy atom. The van der Waals surface area contributed by atoms with Crippen LogP contribution in [0.15, 0.2) is 59.0 Å². The molecule has 0 saturated carbocycles. The van der Waals surface area contributed by atoms with Crippen LogP contribution in [0.5, 0.6) is 0 Å². The zero-order valence-corrected chi connectivity index (χ0v) is 16.9. The lowest BCUT2D eigenvalue weighted by Gasteiger charge is -2.07. The van der Waals surface area contributed by atoms with E-state index in [1.807, 2.05) is 13.0 Å². The summed E-state index contributed by atoms with van der Waals surface area (Å²) in [7, 11) is 0. The van der Waals surface area contributed by atoms with E-state index in [9.17, 15) is 4.79 Å². The number of nitrogens with zero attached hydrogens (tertiary/aromatic N) is 1. The lowest BCUT2D eigenvalue weighted by atomic mass is 10.1. The first-order chi connectivity index (χ1) is 13.4. The van der Waals surface area contributed by atoms with Gasteiger partial charge in [-0.05, 0) is 61.0 Å². The Hall–Kier alpha value is -2.53. The van der Waals surface area contributed by atoms with Crippen molar-refractivity contribution in [2.24, 2.45) is 0 Å². The Balaban J connectivity index is 1.62. The molecule has 4 rings (SSSR count). The number of rotatable bonds is 3. The van der Waals surface area contributed by atoms with Crippen LogP contribution in [0, 0.1) is 6.92 Å². The molecule has 1 heterocycles. The van der Waals surface area contributed by atoms with Crippen LogP contribution in [-0.4, -0.2) is 10.9 Å². The molecule has 0 bridgehead atoms. The molecule has 4 aromatic rings. The highest BCUT2D eigenvalue weighted by atomic mass is 35.5. The van der Waals surface area contributed by atoms with Crippen LogP contribution in [-0.2, 0) is 0 Å². The quantitative estimate of drug-likeness (QED) is 0.379. The van der Waals surface area contributed by atoms with Gasteiger partial charge in [-0.25, -0.2) is 4.98 Å². The molecule has 0 unspecified atom stereocenters. The maximum absolute atomic E-state index is 12.5. The van der Waals surface area contributed by atoms with Crippen molar-refractivity contribution in [3.63, 3.8) is 0 Å². The summed E-state index contributed by atoms with van der Waals surface area (Å²) in [6.07, 6.45) is 0. The number of amides is 1. The summed E-state index contributed by atoms with van der Waals surface area (Å²) in [5.74, 6) is 0.121. The number of aryl methyl sites for hydroxylation is 1. The summed E-state index contributed by atoms with van der Waals surface area (Å²) >= 11 is 18.2. The van der Waals surface area contributed by atoms with E-state index in [2.05, 4.69) is 10.3 Å². The molecular weight excluding hydrogens is 419 g/mol. The first-order valence-electron chi connectivity index (χ1n) is 8.34. The van der Waals surface area contributed by atoms with Crippen LogP contribution in [0.4, 0.5) is 5.69 Å². The number of fused-ring (bicyclic) bond motifs is 1. The fraction of sp³-hybridized carbons (Fsp3) is 0.0476. The second-order valence-corrected chi connectivity index (χ2v) is 7.49. The van der Waals surface area contributed by atoms with Crippen LogP contribution >= 0.6 is 34.8 Å². The zero-order valence-electron chi connectivity index (χ0n) is 14.6. The summed E-state index contributed by atoms with van der Waals surface area (Å²) < 4.78 is 5.78. The van der Waals surface area contributed by atoms with Crippen LogP contribution in [0.2, 0.25) is 15.1 Å². The van der Waals surface area contributed by atoms with Gasteiger partial charge in [0.15, 0.2) is 5.58 Å². The Kier molecular flexibility index (Phi) is 5.02. The van der Waals surface area contributed by atoms with Gasteiger partial charge in [-0.1, -0.05) is 40.9 Å². The standard InChI is InChI=1S/C21H13Cl3N2O2/c1-11-2-5-14(16(23)8-11)20(27)25-13-4-7-19-18(10-13)26-21(28-19)12-3-6-15(22)17(24)9-12/h2-10H,1H3,(H,25,27). The second kappa shape index (κ2) is 7.47. The van der Waals surface area contributed by atoms with Crippen molar-refractivity contribution in [3.05, 3.63) is 80.8 Å². The molecule has 28 heavy (non-hydrogen) atoms. The first kappa shape index (κ1) is 18.8. The molecule has 0 radical (unpaired) electrons. The monoisotopic (exact) mass is 430 g/mol. The number of aromatic nitrogens is 1. The molecule has 1 amide bonds. The van der Waals surface area contributed by atoms with Gasteiger partial charge in [0, 0.05) is 11.3 Å². The van der Waals surface area contributed by atoms with E-state index >= 15 is 0 Å². The zero-order chi connectivity index (χ0) is 19.8. The summed E-state index contributed by atoms with van der Waals surface area (Å²) in [4.78, 5) is 17.0. The van der Waals surface area contributed by atoms with Crippen molar-refractivity contribution < 1.29 is 9.21 Å². The van der Waals surface area contributed by atoms with E-state index < -0.39 is 0 Å². The van der Waals surface area contributed by atoms with Gasteiger partial charge in [0.2, 0.25) is 5.89 Å². The first-order valence-corrected chi connectivity index (χ1v) is 9.47. The van der Waals surface area contributed by atoms with Gasteiger partial charge < -0.3 is 9.73 Å². The molecule has 0 saturated heterocycles. The summed E-state index contributed by atoms with van der Waals surface area (Å²) in [6.45, 7) is 1.91. The Bertz CT molecular complexity index is 1220. The number of oxazole rings is 1. The smallest absolute Gasteiger partial charge is 0.257 e. The predicted octanol–water partition coefficient (Wildman–Crippen LogP) is 7.02. The van der Waals surface area contributed by atoms with Gasteiger partial charge in [0.25, 0.3) is 5.91 Å². The molecule has 0 aliphatic rings. The van der Waals surface area contributed by atoms with Gasteiger partial charge in [-0.15, -0.1) is 0 Å². The van der Waals surface area contributed by atoms with E-state index in [1.54, 1.807) is 48.5 Å². The highest BCUT2D eigenvalue weighted by Gasteiger charge is 2.13. The highest BCUT2D eigenvalue weighted by molar-refractivity contribution is 6.42. The van der Waals surface area contributed by atoms with Crippen LogP contribution in [0.3, 0.4) is 0 Å². The minimum absolute atomic E-state index is 0.294. The SMILES string of the molecule is Cc1ccc(C(=O)Nc2ccc3oc(-c4ccc(Cl)c(Cl)c4)nc3c2)c(Cl)c1.